The summed E-state index contributed by atoms with van der Waals surface area (Å²) in [5.41, 5.74) is 1.98. The molecule has 0 saturated heterocycles. The quantitative estimate of drug-likeness (QED) is 0.839. The van der Waals surface area contributed by atoms with E-state index in [1.165, 1.54) is 11.3 Å². The summed E-state index contributed by atoms with van der Waals surface area (Å²) in [5.74, 6) is 0.841. The average Bonchev–Trinajstić information content (AvgIpc) is 2.90. The van der Waals surface area contributed by atoms with Crippen molar-refractivity contribution in [1.29, 1.82) is 0 Å². The predicted molar refractivity (Wildman–Crippen MR) is 74.9 cm³/mol. The molecule has 1 aromatic heterocycles. The van der Waals surface area contributed by atoms with Gasteiger partial charge < -0.3 is 10.1 Å². The fourth-order valence-electron chi connectivity index (χ4n) is 1.66. The monoisotopic (exact) mass is 261 g/mol. The zero-order valence-corrected chi connectivity index (χ0v) is 11.2. The molecule has 0 aliphatic heterocycles. The Labute approximate surface area is 110 Å². The molecule has 0 amide bonds. The van der Waals surface area contributed by atoms with Gasteiger partial charge in [0.25, 0.3) is 0 Å². The molecular formula is C14H15NO2S. The Kier molecular flexibility index (Phi) is 3.99. The highest BCUT2D eigenvalue weighted by molar-refractivity contribution is 7.12. The van der Waals surface area contributed by atoms with Crippen molar-refractivity contribution in [3.8, 4) is 5.75 Å². The van der Waals surface area contributed by atoms with Gasteiger partial charge >= 0.3 is 0 Å². The van der Waals surface area contributed by atoms with Gasteiger partial charge in [-0.25, -0.2) is 0 Å². The van der Waals surface area contributed by atoms with Gasteiger partial charge in [-0.3, -0.25) is 4.79 Å². The van der Waals surface area contributed by atoms with Gasteiger partial charge in [-0.05, 0) is 36.1 Å². The number of anilines is 1. The van der Waals surface area contributed by atoms with E-state index in [0.29, 0.717) is 0 Å². The molecule has 3 nitrogen and oxygen atoms in total. The Morgan fingerprint density at radius 1 is 1.39 bits per heavy atom. The Bertz CT molecular complexity index is 535. The molecule has 1 heterocycles. The number of carbonyl (C=O) groups excluding carboxylic acids is 1. The number of hydrogen-bond donors (Lipinski definition) is 1. The molecule has 0 aliphatic carbocycles. The van der Waals surface area contributed by atoms with Crippen molar-refractivity contribution >= 4 is 22.8 Å². The lowest BCUT2D eigenvalue weighted by Crippen LogP contribution is -2.13. The average molecular weight is 261 g/mol. The van der Waals surface area contributed by atoms with Gasteiger partial charge in [0.2, 0.25) is 0 Å². The van der Waals surface area contributed by atoms with Gasteiger partial charge in [-0.15, -0.1) is 11.3 Å². The summed E-state index contributed by atoms with van der Waals surface area (Å²) in [6.07, 6.45) is 0. The second kappa shape index (κ2) is 5.69. The lowest BCUT2D eigenvalue weighted by atomic mass is 10.2. The van der Waals surface area contributed by atoms with E-state index in [9.17, 15) is 4.79 Å². The molecule has 0 fully saturated rings. The lowest BCUT2D eigenvalue weighted by molar-refractivity contribution is 0.101. The highest BCUT2D eigenvalue weighted by Crippen LogP contribution is 2.25. The van der Waals surface area contributed by atoms with Crippen LogP contribution in [0.1, 0.15) is 15.2 Å². The number of rotatable bonds is 5. The van der Waals surface area contributed by atoms with Crippen LogP contribution in [-0.4, -0.2) is 19.4 Å². The lowest BCUT2D eigenvalue weighted by Gasteiger charge is -2.11. The molecular weight excluding hydrogens is 246 g/mol. The van der Waals surface area contributed by atoms with Crippen LogP contribution >= 0.6 is 11.3 Å². The third-order valence-electron chi connectivity index (χ3n) is 2.59. The summed E-state index contributed by atoms with van der Waals surface area (Å²) < 4.78 is 5.25. The standard InChI is InChI=1S/C14H15NO2S/c1-10-5-6-13(17-2)11(8-10)15-9-12(16)14-4-3-7-18-14/h3-8,15H,9H2,1-2H3. The van der Waals surface area contributed by atoms with E-state index in [1.54, 1.807) is 7.11 Å². The fraction of sp³-hybridized carbons (Fsp3) is 0.214. The van der Waals surface area contributed by atoms with Crippen molar-refractivity contribution in [2.24, 2.45) is 0 Å². The minimum absolute atomic E-state index is 0.0913. The second-order valence-electron chi connectivity index (χ2n) is 3.96. The van der Waals surface area contributed by atoms with Crippen LogP contribution in [0.15, 0.2) is 35.7 Å². The number of thiophene rings is 1. The number of ether oxygens (including phenoxy) is 1. The summed E-state index contributed by atoms with van der Waals surface area (Å²) in [4.78, 5) is 12.6. The SMILES string of the molecule is COc1ccc(C)cc1NCC(=O)c1cccs1. The van der Waals surface area contributed by atoms with Crippen molar-refractivity contribution in [3.05, 3.63) is 46.2 Å². The minimum Gasteiger partial charge on any atom is -0.495 e. The molecule has 18 heavy (non-hydrogen) atoms. The molecule has 2 aromatic rings. The third-order valence-corrected chi connectivity index (χ3v) is 3.50. The van der Waals surface area contributed by atoms with Gasteiger partial charge in [0, 0.05) is 0 Å². The summed E-state index contributed by atoms with van der Waals surface area (Å²) >= 11 is 1.46. The molecule has 0 radical (unpaired) electrons. The molecule has 1 N–H and O–H groups in total. The van der Waals surface area contributed by atoms with Crippen molar-refractivity contribution in [1.82, 2.24) is 0 Å². The summed E-state index contributed by atoms with van der Waals surface area (Å²) in [6.45, 7) is 2.28. The first kappa shape index (κ1) is 12.6. The van der Waals surface area contributed by atoms with E-state index in [0.717, 1.165) is 21.9 Å². The van der Waals surface area contributed by atoms with Crippen molar-refractivity contribution in [3.63, 3.8) is 0 Å². The maximum absolute atomic E-state index is 11.9. The van der Waals surface area contributed by atoms with Crippen LogP contribution in [0.5, 0.6) is 5.75 Å². The van der Waals surface area contributed by atoms with Gasteiger partial charge in [0.15, 0.2) is 5.78 Å². The Morgan fingerprint density at radius 3 is 2.89 bits per heavy atom. The van der Waals surface area contributed by atoms with E-state index in [4.69, 9.17) is 4.74 Å². The van der Waals surface area contributed by atoms with Crippen LogP contribution in [0.2, 0.25) is 0 Å². The fourth-order valence-corrected chi connectivity index (χ4v) is 2.32. The van der Waals surface area contributed by atoms with Crippen LogP contribution in [0.25, 0.3) is 0 Å². The topological polar surface area (TPSA) is 38.3 Å². The molecule has 0 unspecified atom stereocenters. The predicted octanol–water partition coefficient (Wildman–Crippen LogP) is 3.36. The van der Waals surface area contributed by atoms with Crippen molar-refractivity contribution in [2.75, 3.05) is 19.0 Å². The third kappa shape index (κ3) is 2.90. The summed E-state index contributed by atoms with van der Waals surface area (Å²) in [5, 5.41) is 5.03. The zero-order valence-electron chi connectivity index (χ0n) is 10.4. The molecule has 0 saturated carbocycles. The number of carbonyl (C=O) groups is 1. The maximum Gasteiger partial charge on any atom is 0.191 e. The zero-order chi connectivity index (χ0) is 13.0. The minimum atomic E-state index is 0.0913. The van der Waals surface area contributed by atoms with Crippen LogP contribution in [0.3, 0.4) is 0 Å². The molecule has 1 aromatic carbocycles. The van der Waals surface area contributed by atoms with Crippen LogP contribution < -0.4 is 10.1 Å². The normalized spacial score (nSPS) is 10.1. The molecule has 0 spiro atoms. The molecule has 0 bridgehead atoms. The van der Waals surface area contributed by atoms with Crippen LogP contribution in [-0.2, 0) is 0 Å². The Hall–Kier alpha value is -1.81. The number of nitrogens with one attached hydrogen (secondary N) is 1. The van der Waals surface area contributed by atoms with Gasteiger partial charge in [-0.2, -0.15) is 0 Å². The van der Waals surface area contributed by atoms with Crippen molar-refractivity contribution in [2.45, 2.75) is 6.92 Å². The van der Waals surface area contributed by atoms with E-state index >= 15 is 0 Å². The van der Waals surface area contributed by atoms with E-state index in [1.807, 2.05) is 42.6 Å². The Balaban J connectivity index is 2.06. The van der Waals surface area contributed by atoms with Crippen molar-refractivity contribution < 1.29 is 9.53 Å². The first-order chi connectivity index (χ1) is 8.70. The van der Waals surface area contributed by atoms with Gasteiger partial charge in [-0.1, -0.05) is 12.1 Å². The highest BCUT2D eigenvalue weighted by atomic mass is 32.1. The number of methoxy groups -OCH3 is 1. The van der Waals surface area contributed by atoms with Gasteiger partial charge in [0.05, 0.1) is 24.2 Å². The number of ketones is 1. The van der Waals surface area contributed by atoms with Crippen LogP contribution in [0, 0.1) is 6.92 Å². The molecule has 0 aliphatic rings. The first-order valence-corrected chi connectivity index (χ1v) is 6.54. The number of Topliss-reactive ketones (excluding diaryl/α,β-unsaturated/α-hetero) is 1. The van der Waals surface area contributed by atoms with E-state index in [2.05, 4.69) is 5.32 Å². The maximum atomic E-state index is 11.9. The van der Waals surface area contributed by atoms with E-state index < -0.39 is 0 Å². The number of benzene rings is 1. The van der Waals surface area contributed by atoms with Crippen LogP contribution in [0.4, 0.5) is 5.69 Å². The van der Waals surface area contributed by atoms with Gasteiger partial charge in [0.1, 0.15) is 5.75 Å². The number of hydrogen-bond acceptors (Lipinski definition) is 4. The molecule has 2 rings (SSSR count). The smallest absolute Gasteiger partial charge is 0.191 e. The second-order valence-corrected chi connectivity index (χ2v) is 4.91. The van der Waals surface area contributed by atoms with E-state index in [-0.39, 0.29) is 12.3 Å². The first-order valence-electron chi connectivity index (χ1n) is 5.66. The summed E-state index contributed by atoms with van der Waals surface area (Å²) in [7, 11) is 1.62. The molecule has 4 heteroatoms. The molecule has 0 atom stereocenters. The molecule has 94 valence electrons. The largest absolute Gasteiger partial charge is 0.495 e. The number of aryl methyl sites for hydroxylation is 1. The Morgan fingerprint density at radius 2 is 2.22 bits per heavy atom. The highest BCUT2D eigenvalue weighted by Gasteiger charge is 2.08. The summed E-state index contributed by atoms with van der Waals surface area (Å²) in [6, 6.07) is 9.56.